The van der Waals surface area contributed by atoms with Gasteiger partial charge in [0.1, 0.15) is 5.69 Å². The topological polar surface area (TPSA) is 128 Å². The number of aryl methyl sites for hydroxylation is 1. The SMILES string of the molecule is Cc1ccc(S(N)(=O)=O)cc1NC(=O)c1ccc(N)cn1. The zero-order chi connectivity index (χ0) is 15.6. The van der Waals surface area contributed by atoms with Gasteiger partial charge in [-0.05, 0) is 36.8 Å². The Morgan fingerprint density at radius 3 is 2.52 bits per heavy atom. The smallest absolute Gasteiger partial charge is 0.274 e. The summed E-state index contributed by atoms with van der Waals surface area (Å²) in [5.74, 6) is -0.468. The Balaban J connectivity index is 2.31. The van der Waals surface area contributed by atoms with Gasteiger partial charge in [-0.3, -0.25) is 4.79 Å². The Bertz CT molecular complexity index is 786. The van der Waals surface area contributed by atoms with Crippen LogP contribution in [0.15, 0.2) is 41.4 Å². The molecule has 1 amide bonds. The van der Waals surface area contributed by atoms with E-state index in [-0.39, 0.29) is 10.6 Å². The number of pyridine rings is 1. The summed E-state index contributed by atoms with van der Waals surface area (Å²) in [4.78, 5) is 15.9. The molecule has 0 aliphatic rings. The lowest BCUT2D eigenvalue weighted by Crippen LogP contribution is -2.16. The Hall–Kier alpha value is -2.45. The highest BCUT2D eigenvalue weighted by molar-refractivity contribution is 7.89. The highest BCUT2D eigenvalue weighted by Gasteiger charge is 2.13. The third-order valence-corrected chi connectivity index (χ3v) is 3.72. The van der Waals surface area contributed by atoms with Crippen molar-refractivity contribution in [3.8, 4) is 0 Å². The van der Waals surface area contributed by atoms with E-state index in [2.05, 4.69) is 10.3 Å². The fourth-order valence-corrected chi connectivity index (χ4v) is 2.18. The average molecular weight is 306 g/mol. The zero-order valence-corrected chi connectivity index (χ0v) is 12.0. The number of nitrogens with one attached hydrogen (secondary N) is 1. The van der Waals surface area contributed by atoms with Gasteiger partial charge in [-0.2, -0.15) is 0 Å². The number of anilines is 2. The molecular formula is C13H14N4O3S. The number of nitrogens with zero attached hydrogens (tertiary/aromatic N) is 1. The number of sulfonamides is 1. The first-order valence-electron chi connectivity index (χ1n) is 5.94. The van der Waals surface area contributed by atoms with Gasteiger partial charge in [0.25, 0.3) is 5.91 Å². The molecule has 21 heavy (non-hydrogen) atoms. The van der Waals surface area contributed by atoms with Crippen molar-refractivity contribution in [2.24, 2.45) is 5.14 Å². The zero-order valence-electron chi connectivity index (χ0n) is 11.2. The molecule has 1 heterocycles. The second-order valence-electron chi connectivity index (χ2n) is 4.45. The van der Waals surface area contributed by atoms with Crippen LogP contribution in [-0.2, 0) is 10.0 Å². The summed E-state index contributed by atoms with van der Waals surface area (Å²) in [7, 11) is -3.83. The number of amides is 1. The van der Waals surface area contributed by atoms with E-state index < -0.39 is 15.9 Å². The summed E-state index contributed by atoms with van der Waals surface area (Å²) < 4.78 is 22.7. The number of hydrogen-bond donors (Lipinski definition) is 3. The average Bonchev–Trinajstić information content (AvgIpc) is 2.40. The second kappa shape index (κ2) is 5.51. The van der Waals surface area contributed by atoms with E-state index in [9.17, 15) is 13.2 Å². The van der Waals surface area contributed by atoms with Gasteiger partial charge >= 0.3 is 0 Å². The predicted octanol–water partition coefficient (Wildman–Crippen LogP) is 0.872. The summed E-state index contributed by atoms with van der Waals surface area (Å²) in [6, 6.07) is 7.27. The van der Waals surface area contributed by atoms with Crippen LogP contribution in [0.2, 0.25) is 0 Å². The van der Waals surface area contributed by atoms with Gasteiger partial charge in [0.05, 0.1) is 16.8 Å². The molecule has 0 saturated heterocycles. The molecule has 7 nitrogen and oxygen atoms in total. The van der Waals surface area contributed by atoms with Crippen LogP contribution in [0, 0.1) is 6.92 Å². The quantitative estimate of drug-likeness (QED) is 0.775. The van der Waals surface area contributed by atoms with E-state index in [0.717, 1.165) is 0 Å². The molecule has 2 rings (SSSR count). The van der Waals surface area contributed by atoms with Crippen molar-refractivity contribution in [3.63, 3.8) is 0 Å². The largest absolute Gasteiger partial charge is 0.397 e. The maximum Gasteiger partial charge on any atom is 0.274 e. The Morgan fingerprint density at radius 2 is 1.95 bits per heavy atom. The van der Waals surface area contributed by atoms with Gasteiger partial charge in [-0.1, -0.05) is 6.07 Å². The minimum atomic E-state index is -3.83. The first kappa shape index (κ1) is 14.9. The van der Waals surface area contributed by atoms with Crippen molar-refractivity contribution in [2.75, 3.05) is 11.1 Å². The first-order chi connectivity index (χ1) is 9.77. The molecule has 1 aromatic heterocycles. The lowest BCUT2D eigenvalue weighted by atomic mass is 10.2. The Morgan fingerprint density at radius 1 is 1.24 bits per heavy atom. The molecule has 2 aromatic rings. The van der Waals surface area contributed by atoms with E-state index in [1.165, 1.54) is 24.4 Å². The standard InChI is InChI=1S/C13H14N4O3S/c1-8-2-4-10(21(15,19)20)6-12(8)17-13(18)11-5-3-9(14)7-16-11/h2-7H,14H2,1H3,(H,17,18)(H2,15,19,20). The van der Waals surface area contributed by atoms with Gasteiger partial charge in [0.2, 0.25) is 10.0 Å². The molecule has 5 N–H and O–H groups in total. The predicted molar refractivity (Wildman–Crippen MR) is 79.2 cm³/mol. The van der Waals surface area contributed by atoms with E-state index in [1.807, 2.05) is 0 Å². The van der Waals surface area contributed by atoms with Crippen molar-refractivity contribution >= 4 is 27.3 Å². The van der Waals surface area contributed by atoms with Gasteiger partial charge in [-0.25, -0.2) is 18.5 Å². The fourth-order valence-electron chi connectivity index (χ4n) is 1.64. The molecule has 0 radical (unpaired) electrons. The van der Waals surface area contributed by atoms with Crippen LogP contribution >= 0.6 is 0 Å². The number of aromatic nitrogens is 1. The van der Waals surface area contributed by atoms with Crippen LogP contribution < -0.4 is 16.2 Å². The third kappa shape index (κ3) is 3.56. The van der Waals surface area contributed by atoms with Crippen molar-refractivity contribution < 1.29 is 13.2 Å². The second-order valence-corrected chi connectivity index (χ2v) is 6.01. The van der Waals surface area contributed by atoms with E-state index in [1.54, 1.807) is 19.1 Å². The number of nitrogen functional groups attached to an aromatic ring is 1. The molecule has 0 fully saturated rings. The van der Waals surface area contributed by atoms with E-state index in [0.29, 0.717) is 16.9 Å². The van der Waals surface area contributed by atoms with Gasteiger partial charge < -0.3 is 11.1 Å². The Labute approximate surface area is 122 Å². The fraction of sp³-hybridized carbons (Fsp3) is 0.0769. The molecule has 0 spiro atoms. The minimum absolute atomic E-state index is 0.0753. The Kier molecular flexibility index (Phi) is 3.92. The van der Waals surface area contributed by atoms with Crippen molar-refractivity contribution in [1.29, 1.82) is 0 Å². The maximum atomic E-state index is 12.0. The highest BCUT2D eigenvalue weighted by Crippen LogP contribution is 2.20. The monoisotopic (exact) mass is 306 g/mol. The third-order valence-electron chi connectivity index (χ3n) is 2.80. The lowest BCUT2D eigenvalue weighted by Gasteiger charge is -2.09. The van der Waals surface area contributed by atoms with E-state index >= 15 is 0 Å². The molecule has 8 heteroatoms. The lowest BCUT2D eigenvalue weighted by molar-refractivity contribution is 0.102. The number of carbonyl (C=O) groups is 1. The minimum Gasteiger partial charge on any atom is -0.397 e. The van der Waals surface area contributed by atoms with Crippen LogP contribution in [0.1, 0.15) is 16.1 Å². The normalized spacial score (nSPS) is 11.1. The maximum absolute atomic E-state index is 12.0. The summed E-state index contributed by atoms with van der Waals surface area (Å²) in [6.07, 6.45) is 1.36. The molecule has 0 atom stereocenters. The summed E-state index contributed by atoms with van der Waals surface area (Å²) >= 11 is 0. The van der Waals surface area contributed by atoms with Crippen LogP contribution in [0.25, 0.3) is 0 Å². The van der Waals surface area contributed by atoms with Gasteiger partial charge in [0, 0.05) is 5.69 Å². The summed E-state index contributed by atoms with van der Waals surface area (Å²) in [6.45, 7) is 1.74. The molecule has 0 aliphatic heterocycles. The van der Waals surface area contributed by atoms with E-state index in [4.69, 9.17) is 10.9 Å². The highest BCUT2D eigenvalue weighted by atomic mass is 32.2. The molecule has 0 aliphatic carbocycles. The number of hydrogen-bond acceptors (Lipinski definition) is 5. The van der Waals surface area contributed by atoms with Gasteiger partial charge in [0.15, 0.2) is 0 Å². The first-order valence-corrected chi connectivity index (χ1v) is 7.48. The van der Waals surface area contributed by atoms with Crippen LogP contribution in [0.5, 0.6) is 0 Å². The van der Waals surface area contributed by atoms with Crippen LogP contribution in [-0.4, -0.2) is 19.3 Å². The summed E-state index contributed by atoms with van der Waals surface area (Å²) in [5, 5.41) is 7.66. The van der Waals surface area contributed by atoms with Gasteiger partial charge in [-0.15, -0.1) is 0 Å². The number of rotatable bonds is 3. The van der Waals surface area contributed by atoms with Crippen molar-refractivity contribution in [2.45, 2.75) is 11.8 Å². The molecule has 0 unspecified atom stereocenters. The molecule has 0 bridgehead atoms. The summed E-state index contributed by atoms with van der Waals surface area (Å²) in [5.41, 5.74) is 7.16. The van der Waals surface area contributed by atoms with Crippen LogP contribution in [0.4, 0.5) is 11.4 Å². The molecular weight excluding hydrogens is 292 g/mol. The number of primary sulfonamides is 1. The van der Waals surface area contributed by atoms with Crippen molar-refractivity contribution in [1.82, 2.24) is 4.98 Å². The molecule has 0 saturated carbocycles. The molecule has 110 valence electrons. The van der Waals surface area contributed by atoms with Crippen LogP contribution in [0.3, 0.4) is 0 Å². The number of benzene rings is 1. The number of nitrogens with two attached hydrogens (primary N) is 2. The van der Waals surface area contributed by atoms with Crippen molar-refractivity contribution in [3.05, 3.63) is 47.8 Å². The number of carbonyl (C=O) groups excluding carboxylic acids is 1. The molecule has 1 aromatic carbocycles.